The van der Waals surface area contributed by atoms with E-state index < -0.39 is 11.6 Å². The van der Waals surface area contributed by atoms with E-state index >= 15 is 0 Å². The molecule has 0 saturated carbocycles. The molecule has 0 bridgehead atoms. The van der Waals surface area contributed by atoms with Crippen LogP contribution in [0.1, 0.15) is 15.9 Å². The van der Waals surface area contributed by atoms with E-state index in [0.717, 1.165) is 6.07 Å². The van der Waals surface area contributed by atoms with Gasteiger partial charge in [0, 0.05) is 16.1 Å². The Hall–Kier alpha value is -1.59. The lowest BCUT2D eigenvalue weighted by Crippen LogP contribution is -2.06. The maximum Gasteiger partial charge on any atom is 0.197 e. The Kier molecular flexibility index (Phi) is 4.85. The van der Waals surface area contributed by atoms with Crippen molar-refractivity contribution >= 4 is 33.3 Å². The lowest BCUT2D eigenvalue weighted by Gasteiger charge is -2.11. The maximum atomic E-state index is 14.1. The first-order chi connectivity index (χ1) is 9.99. The summed E-state index contributed by atoms with van der Waals surface area (Å²) in [6, 6.07) is 7.29. The first-order valence-corrected chi connectivity index (χ1v) is 7.07. The predicted octanol–water partition coefficient (Wildman–Crippen LogP) is 4.49. The van der Waals surface area contributed by atoms with Crippen molar-refractivity contribution in [3.63, 3.8) is 0 Å². The van der Waals surface area contributed by atoms with Crippen LogP contribution in [-0.2, 0) is 0 Å². The zero-order valence-electron chi connectivity index (χ0n) is 11.2. The van der Waals surface area contributed by atoms with Crippen LogP contribution in [0.25, 0.3) is 0 Å². The van der Waals surface area contributed by atoms with E-state index in [1.807, 2.05) is 0 Å². The topological polar surface area (TPSA) is 35.5 Å². The number of ether oxygens (including phenoxy) is 2. The van der Waals surface area contributed by atoms with Crippen LogP contribution in [0.4, 0.5) is 4.39 Å². The van der Waals surface area contributed by atoms with E-state index in [1.54, 1.807) is 12.1 Å². The molecule has 110 valence electrons. The molecule has 0 saturated heterocycles. The average Bonchev–Trinajstić information content (AvgIpc) is 2.49. The van der Waals surface area contributed by atoms with Gasteiger partial charge in [-0.2, -0.15) is 0 Å². The normalized spacial score (nSPS) is 10.3. The lowest BCUT2D eigenvalue weighted by atomic mass is 10.0. The molecule has 2 aromatic rings. The van der Waals surface area contributed by atoms with E-state index in [4.69, 9.17) is 21.1 Å². The number of hydrogen-bond donors (Lipinski definition) is 0. The molecule has 2 aromatic carbocycles. The summed E-state index contributed by atoms with van der Waals surface area (Å²) in [4.78, 5) is 12.5. The zero-order chi connectivity index (χ0) is 15.6. The summed E-state index contributed by atoms with van der Waals surface area (Å²) in [5.74, 6) is -0.742. The third-order valence-corrected chi connectivity index (χ3v) is 4.21. The van der Waals surface area contributed by atoms with Crippen LogP contribution in [-0.4, -0.2) is 20.0 Å². The minimum absolute atomic E-state index is 0.132. The van der Waals surface area contributed by atoms with Gasteiger partial charge in [0.25, 0.3) is 0 Å². The van der Waals surface area contributed by atoms with Crippen molar-refractivity contribution in [3.8, 4) is 11.5 Å². The fourth-order valence-electron chi connectivity index (χ4n) is 1.85. The Morgan fingerprint density at radius 2 is 1.76 bits per heavy atom. The predicted molar refractivity (Wildman–Crippen MR) is 82.1 cm³/mol. The maximum absolute atomic E-state index is 14.1. The Morgan fingerprint density at radius 3 is 2.38 bits per heavy atom. The van der Waals surface area contributed by atoms with E-state index in [-0.39, 0.29) is 27.6 Å². The summed E-state index contributed by atoms with van der Waals surface area (Å²) in [5, 5.41) is 0.233. The number of halogens is 3. The third kappa shape index (κ3) is 3.04. The number of carbonyl (C=O) groups excluding carboxylic acids is 1. The molecule has 0 heterocycles. The third-order valence-electron chi connectivity index (χ3n) is 2.91. The standard InChI is InChI=1S/C15H11BrClFO3/c1-20-12-6-9(11(18)7-13(12)21-2)15(19)8-4-3-5-10(16)14(8)17/h3-7H,1-2H3. The number of hydrogen-bond acceptors (Lipinski definition) is 3. The highest BCUT2D eigenvalue weighted by atomic mass is 79.9. The first kappa shape index (κ1) is 15.8. The SMILES string of the molecule is COc1cc(F)c(C(=O)c2cccc(Br)c2Cl)cc1OC. The summed E-state index contributed by atoms with van der Waals surface area (Å²) in [7, 11) is 2.81. The second kappa shape index (κ2) is 6.45. The van der Waals surface area contributed by atoms with Gasteiger partial charge in [-0.05, 0) is 34.1 Å². The van der Waals surface area contributed by atoms with Crippen molar-refractivity contribution < 1.29 is 18.7 Å². The van der Waals surface area contributed by atoms with E-state index in [2.05, 4.69) is 15.9 Å². The van der Waals surface area contributed by atoms with Gasteiger partial charge in [-0.3, -0.25) is 4.79 Å². The highest BCUT2D eigenvalue weighted by molar-refractivity contribution is 9.10. The summed E-state index contributed by atoms with van der Waals surface area (Å²) >= 11 is 9.31. The first-order valence-electron chi connectivity index (χ1n) is 5.89. The molecule has 0 fully saturated rings. The van der Waals surface area contributed by atoms with Gasteiger partial charge in [-0.15, -0.1) is 0 Å². The van der Waals surface area contributed by atoms with Crippen molar-refractivity contribution in [2.45, 2.75) is 0 Å². The summed E-state index contributed by atoms with van der Waals surface area (Å²) < 4.78 is 24.8. The molecule has 21 heavy (non-hydrogen) atoms. The van der Waals surface area contributed by atoms with Gasteiger partial charge in [0.05, 0.1) is 24.8 Å². The van der Waals surface area contributed by atoms with Gasteiger partial charge in [0.2, 0.25) is 0 Å². The Labute approximate surface area is 134 Å². The van der Waals surface area contributed by atoms with E-state index in [9.17, 15) is 9.18 Å². The molecule has 0 aliphatic heterocycles. The van der Waals surface area contributed by atoms with Gasteiger partial charge in [0.15, 0.2) is 17.3 Å². The Bertz CT molecular complexity index is 704. The van der Waals surface area contributed by atoms with Gasteiger partial charge >= 0.3 is 0 Å². The van der Waals surface area contributed by atoms with Crippen LogP contribution < -0.4 is 9.47 Å². The van der Waals surface area contributed by atoms with Crippen LogP contribution in [0.2, 0.25) is 5.02 Å². The number of ketones is 1. The Balaban J connectivity index is 2.56. The Morgan fingerprint density at radius 1 is 1.14 bits per heavy atom. The molecule has 0 amide bonds. The number of rotatable bonds is 4. The van der Waals surface area contributed by atoms with Gasteiger partial charge in [-0.1, -0.05) is 17.7 Å². The molecule has 0 spiro atoms. The van der Waals surface area contributed by atoms with Gasteiger partial charge < -0.3 is 9.47 Å². The minimum atomic E-state index is -0.700. The van der Waals surface area contributed by atoms with Crippen LogP contribution in [0.5, 0.6) is 11.5 Å². The van der Waals surface area contributed by atoms with Crippen LogP contribution >= 0.6 is 27.5 Å². The number of benzene rings is 2. The molecule has 0 aliphatic rings. The molecule has 0 aliphatic carbocycles. The molecule has 3 nitrogen and oxygen atoms in total. The lowest BCUT2D eigenvalue weighted by molar-refractivity contribution is 0.103. The van der Waals surface area contributed by atoms with Crippen LogP contribution in [0.15, 0.2) is 34.8 Å². The second-order valence-electron chi connectivity index (χ2n) is 4.12. The molecule has 0 radical (unpaired) electrons. The quantitative estimate of drug-likeness (QED) is 0.741. The number of carbonyl (C=O) groups is 1. The average molecular weight is 374 g/mol. The van der Waals surface area contributed by atoms with Crippen molar-refractivity contribution in [2.24, 2.45) is 0 Å². The van der Waals surface area contributed by atoms with Gasteiger partial charge in [0.1, 0.15) is 5.82 Å². The van der Waals surface area contributed by atoms with Gasteiger partial charge in [-0.25, -0.2) is 4.39 Å². The molecule has 0 unspecified atom stereocenters. The minimum Gasteiger partial charge on any atom is -0.493 e. The second-order valence-corrected chi connectivity index (χ2v) is 5.35. The zero-order valence-corrected chi connectivity index (χ0v) is 13.6. The summed E-state index contributed by atoms with van der Waals surface area (Å²) in [6.45, 7) is 0. The van der Waals surface area contributed by atoms with Crippen LogP contribution in [0, 0.1) is 5.82 Å². The molecule has 0 atom stereocenters. The van der Waals surface area contributed by atoms with Crippen LogP contribution in [0.3, 0.4) is 0 Å². The highest BCUT2D eigenvalue weighted by Gasteiger charge is 2.21. The molecule has 6 heteroatoms. The highest BCUT2D eigenvalue weighted by Crippen LogP contribution is 2.33. The molecular formula is C15H11BrClFO3. The largest absolute Gasteiger partial charge is 0.493 e. The number of methoxy groups -OCH3 is 2. The molecular weight excluding hydrogens is 363 g/mol. The fraction of sp³-hybridized carbons (Fsp3) is 0.133. The van der Waals surface area contributed by atoms with Crippen molar-refractivity contribution in [2.75, 3.05) is 14.2 Å². The summed E-state index contributed by atoms with van der Waals surface area (Å²) in [6.07, 6.45) is 0. The van der Waals surface area contributed by atoms with Crippen molar-refractivity contribution in [1.29, 1.82) is 0 Å². The monoisotopic (exact) mass is 372 g/mol. The summed E-state index contributed by atoms with van der Waals surface area (Å²) in [5.41, 5.74) is 0.0739. The molecule has 0 N–H and O–H groups in total. The van der Waals surface area contributed by atoms with E-state index in [0.29, 0.717) is 4.47 Å². The van der Waals surface area contributed by atoms with E-state index in [1.165, 1.54) is 26.4 Å². The van der Waals surface area contributed by atoms with Crippen molar-refractivity contribution in [3.05, 3.63) is 56.8 Å². The smallest absolute Gasteiger partial charge is 0.197 e. The fourth-order valence-corrected chi connectivity index (χ4v) is 2.43. The molecule has 2 rings (SSSR count). The molecule has 0 aromatic heterocycles. The van der Waals surface area contributed by atoms with Crippen molar-refractivity contribution in [1.82, 2.24) is 0 Å².